The van der Waals surface area contributed by atoms with Gasteiger partial charge in [0.05, 0.1) is 11.2 Å². The lowest BCUT2D eigenvalue weighted by Gasteiger charge is -2.32. The van der Waals surface area contributed by atoms with Gasteiger partial charge in [0.25, 0.3) is 0 Å². The lowest BCUT2D eigenvalue weighted by Crippen LogP contribution is -2.41. The van der Waals surface area contributed by atoms with Crippen LogP contribution >= 0.6 is 0 Å². The minimum atomic E-state index is -0.593. The Labute approximate surface area is 113 Å². The van der Waals surface area contributed by atoms with E-state index in [1.807, 2.05) is 27.7 Å². The summed E-state index contributed by atoms with van der Waals surface area (Å²) in [4.78, 5) is 11.7. The highest BCUT2D eigenvalue weighted by atomic mass is 16.7. The van der Waals surface area contributed by atoms with E-state index in [4.69, 9.17) is 9.31 Å². The molecule has 4 nitrogen and oxygen atoms in total. The quantitative estimate of drug-likeness (QED) is 0.653. The monoisotopic (exact) mass is 262 g/mol. The molecule has 0 unspecified atom stereocenters. The summed E-state index contributed by atoms with van der Waals surface area (Å²) < 4.78 is 11.8. The van der Waals surface area contributed by atoms with Crippen LogP contribution in [0.3, 0.4) is 0 Å². The van der Waals surface area contributed by atoms with Crippen molar-refractivity contribution in [3.05, 3.63) is 23.8 Å². The number of ketones is 1. The van der Waals surface area contributed by atoms with Crippen LogP contribution in [0.2, 0.25) is 0 Å². The molecule has 0 spiro atoms. The van der Waals surface area contributed by atoms with Crippen molar-refractivity contribution in [1.82, 2.24) is 0 Å². The molecular weight excluding hydrogens is 243 g/mol. The highest BCUT2D eigenvalue weighted by molar-refractivity contribution is 6.63. The van der Waals surface area contributed by atoms with Crippen molar-refractivity contribution in [3.63, 3.8) is 0 Å². The highest BCUT2D eigenvalue weighted by Gasteiger charge is 2.52. The van der Waals surface area contributed by atoms with Crippen LogP contribution in [-0.2, 0) is 9.31 Å². The molecule has 1 saturated heterocycles. The standard InChI is InChI=1S/C14H19BO4/c1-9(16)11-8-10(17)6-7-12(11)15-18-13(2,3)14(4,5)19-15/h6-8,17H,1-5H3. The maximum Gasteiger partial charge on any atom is 0.495 e. The van der Waals surface area contributed by atoms with E-state index in [0.717, 1.165) is 0 Å². The number of rotatable bonds is 2. The fourth-order valence-corrected chi connectivity index (χ4v) is 2.02. The summed E-state index contributed by atoms with van der Waals surface area (Å²) in [6.07, 6.45) is 0. The maximum atomic E-state index is 11.7. The Morgan fingerprint density at radius 3 is 2.16 bits per heavy atom. The van der Waals surface area contributed by atoms with E-state index in [9.17, 15) is 9.90 Å². The van der Waals surface area contributed by atoms with Crippen LogP contribution in [0.25, 0.3) is 0 Å². The molecule has 0 bridgehead atoms. The van der Waals surface area contributed by atoms with Crippen LogP contribution in [0.4, 0.5) is 0 Å². The first-order valence-corrected chi connectivity index (χ1v) is 6.33. The molecule has 0 radical (unpaired) electrons. The third-order valence-corrected chi connectivity index (χ3v) is 3.92. The minimum absolute atomic E-state index is 0.0606. The largest absolute Gasteiger partial charge is 0.508 e. The third-order valence-electron chi connectivity index (χ3n) is 3.92. The Balaban J connectivity index is 2.42. The smallest absolute Gasteiger partial charge is 0.495 e. The van der Waals surface area contributed by atoms with Gasteiger partial charge >= 0.3 is 7.12 Å². The number of phenols is 1. The number of Topliss-reactive ketones (excluding diaryl/α,β-unsaturated/α-hetero) is 1. The number of hydrogen-bond acceptors (Lipinski definition) is 4. The minimum Gasteiger partial charge on any atom is -0.508 e. The molecule has 0 aromatic heterocycles. The number of benzene rings is 1. The Hall–Kier alpha value is -1.33. The number of carbonyl (C=O) groups excluding carboxylic acids is 1. The van der Waals surface area contributed by atoms with E-state index in [0.29, 0.717) is 11.0 Å². The van der Waals surface area contributed by atoms with Gasteiger partial charge in [-0.05, 0) is 52.2 Å². The van der Waals surface area contributed by atoms with Gasteiger partial charge < -0.3 is 14.4 Å². The van der Waals surface area contributed by atoms with Crippen molar-refractivity contribution in [2.75, 3.05) is 0 Å². The number of hydrogen-bond donors (Lipinski definition) is 1. The molecule has 0 aliphatic carbocycles. The van der Waals surface area contributed by atoms with E-state index in [2.05, 4.69) is 0 Å². The highest BCUT2D eigenvalue weighted by Crippen LogP contribution is 2.36. The van der Waals surface area contributed by atoms with E-state index in [-0.39, 0.29) is 11.5 Å². The van der Waals surface area contributed by atoms with Crippen LogP contribution in [-0.4, -0.2) is 29.2 Å². The van der Waals surface area contributed by atoms with Gasteiger partial charge in [0.1, 0.15) is 5.75 Å². The van der Waals surface area contributed by atoms with Gasteiger partial charge in [-0.2, -0.15) is 0 Å². The Morgan fingerprint density at radius 2 is 1.68 bits per heavy atom. The van der Waals surface area contributed by atoms with Crippen molar-refractivity contribution in [2.24, 2.45) is 0 Å². The first-order chi connectivity index (χ1) is 8.64. The summed E-state index contributed by atoms with van der Waals surface area (Å²) in [6.45, 7) is 9.30. The molecule has 1 N–H and O–H groups in total. The van der Waals surface area contributed by atoms with Gasteiger partial charge in [0.15, 0.2) is 5.78 Å². The molecule has 1 aromatic carbocycles. The van der Waals surface area contributed by atoms with Crippen molar-refractivity contribution in [2.45, 2.75) is 45.8 Å². The summed E-state index contributed by atoms with van der Waals surface area (Å²) >= 11 is 0. The Morgan fingerprint density at radius 1 is 1.16 bits per heavy atom. The third kappa shape index (κ3) is 2.40. The number of phenolic OH excluding ortho intramolecular Hbond substituents is 1. The molecule has 5 heteroatoms. The second-order valence-corrected chi connectivity index (χ2v) is 5.92. The topological polar surface area (TPSA) is 55.8 Å². The van der Waals surface area contributed by atoms with E-state index >= 15 is 0 Å². The predicted molar refractivity (Wildman–Crippen MR) is 73.8 cm³/mol. The first kappa shape index (κ1) is 14.1. The van der Waals surface area contributed by atoms with Crippen molar-refractivity contribution >= 4 is 18.4 Å². The summed E-state index contributed by atoms with van der Waals surface area (Å²) in [6, 6.07) is 4.66. The summed E-state index contributed by atoms with van der Waals surface area (Å²) in [5.41, 5.74) is 0.176. The summed E-state index contributed by atoms with van der Waals surface area (Å²) in [5, 5.41) is 9.50. The van der Waals surface area contributed by atoms with Crippen LogP contribution in [0.1, 0.15) is 45.0 Å². The van der Waals surface area contributed by atoms with Crippen molar-refractivity contribution < 1.29 is 19.2 Å². The van der Waals surface area contributed by atoms with Gasteiger partial charge in [-0.25, -0.2) is 0 Å². The van der Waals surface area contributed by atoms with Gasteiger partial charge in [-0.15, -0.1) is 0 Å². The van der Waals surface area contributed by atoms with Gasteiger partial charge in [-0.3, -0.25) is 4.79 Å². The van der Waals surface area contributed by atoms with Crippen LogP contribution < -0.4 is 5.46 Å². The lowest BCUT2D eigenvalue weighted by molar-refractivity contribution is 0.00578. The van der Waals surface area contributed by atoms with Crippen LogP contribution in [0.15, 0.2) is 18.2 Å². The Kier molecular flexibility index (Phi) is 3.23. The van der Waals surface area contributed by atoms with E-state index in [1.165, 1.54) is 19.1 Å². The zero-order valence-corrected chi connectivity index (χ0v) is 12.0. The number of aromatic hydroxyl groups is 1. The van der Waals surface area contributed by atoms with Crippen LogP contribution in [0.5, 0.6) is 5.75 Å². The normalized spacial score (nSPS) is 20.6. The summed E-state index contributed by atoms with van der Waals surface area (Å²) in [5.74, 6) is -0.0638. The van der Waals surface area contributed by atoms with Crippen molar-refractivity contribution in [3.8, 4) is 5.75 Å². The molecule has 0 amide bonds. The Bertz CT molecular complexity index is 506. The SMILES string of the molecule is CC(=O)c1cc(O)ccc1B1OC(C)(C)C(C)(C)O1. The van der Waals surface area contributed by atoms with Gasteiger partial charge in [0, 0.05) is 5.56 Å². The average molecular weight is 262 g/mol. The zero-order chi connectivity index (χ0) is 14.4. The zero-order valence-electron chi connectivity index (χ0n) is 12.0. The second-order valence-electron chi connectivity index (χ2n) is 5.92. The molecule has 2 rings (SSSR count). The van der Waals surface area contributed by atoms with E-state index in [1.54, 1.807) is 6.07 Å². The predicted octanol–water partition coefficient (Wildman–Crippen LogP) is 1.89. The van der Waals surface area contributed by atoms with Gasteiger partial charge in [-0.1, -0.05) is 6.07 Å². The molecule has 1 aromatic rings. The fourth-order valence-electron chi connectivity index (χ4n) is 2.02. The lowest BCUT2D eigenvalue weighted by atomic mass is 9.75. The van der Waals surface area contributed by atoms with Crippen LogP contribution in [0, 0.1) is 0 Å². The van der Waals surface area contributed by atoms with Gasteiger partial charge in [0.2, 0.25) is 0 Å². The molecule has 1 heterocycles. The summed E-state index contributed by atoms with van der Waals surface area (Å²) in [7, 11) is -0.593. The number of carbonyl (C=O) groups is 1. The first-order valence-electron chi connectivity index (χ1n) is 6.33. The molecule has 1 aliphatic rings. The second kappa shape index (κ2) is 4.35. The molecule has 102 valence electrons. The molecule has 0 saturated carbocycles. The van der Waals surface area contributed by atoms with Crippen molar-refractivity contribution in [1.29, 1.82) is 0 Å². The van der Waals surface area contributed by atoms with E-state index < -0.39 is 18.3 Å². The molecule has 1 fully saturated rings. The molecular formula is C14H19BO4. The average Bonchev–Trinajstić information content (AvgIpc) is 2.47. The maximum absolute atomic E-state index is 11.7. The fraction of sp³-hybridized carbons (Fsp3) is 0.500. The molecule has 0 atom stereocenters. The molecule has 19 heavy (non-hydrogen) atoms. The molecule has 1 aliphatic heterocycles.